The SMILES string of the molecule is CN[C@H]1CC[C@H](OC(=O)C(O)(c2cccs2)c2ccc(C(C)(C)C)s2)CC1. The Morgan fingerprint density at radius 1 is 1.11 bits per heavy atom. The molecule has 2 aromatic heterocycles. The lowest BCUT2D eigenvalue weighted by atomic mass is 9.92. The van der Waals surface area contributed by atoms with Gasteiger partial charge in [0, 0.05) is 10.9 Å². The number of esters is 1. The van der Waals surface area contributed by atoms with Crippen LogP contribution < -0.4 is 5.32 Å². The van der Waals surface area contributed by atoms with E-state index in [0.717, 1.165) is 30.6 Å². The molecular formula is C21H29NO3S2. The van der Waals surface area contributed by atoms with Gasteiger partial charge >= 0.3 is 5.97 Å². The van der Waals surface area contributed by atoms with Crippen molar-refractivity contribution in [2.75, 3.05) is 7.05 Å². The molecule has 0 saturated heterocycles. The maximum Gasteiger partial charge on any atom is 0.349 e. The van der Waals surface area contributed by atoms with Gasteiger partial charge in [-0.05, 0) is 61.7 Å². The second-order valence-electron chi connectivity index (χ2n) is 8.27. The zero-order chi connectivity index (χ0) is 19.7. The fourth-order valence-corrected chi connectivity index (χ4v) is 5.49. The first-order valence-corrected chi connectivity index (χ1v) is 11.2. The van der Waals surface area contributed by atoms with Crippen molar-refractivity contribution in [3.8, 4) is 0 Å². The molecule has 0 bridgehead atoms. The smallest absolute Gasteiger partial charge is 0.349 e. The second-order valence-corrected chi connectivity index (χ2v) is 10.3. The van der Waals surface area contributed by atoms with Crippen LogP contribution in [0.2, 0.25) is 0 Å². The lowest BCUT2D eigenvalue weighted by molar-refractivity contribution is -0.169. The molecule has 0 amide bonds. The minimum atomic E-state index is -1.73. The number of ether oxygens (including phenoxy) is 1. The third-order valence-corrected chi connectivity index (χ3v) is 7.83. The molecule has 1 fully saturated rings. The average molecular weight is 408 g/mol. The molecule has 0 spiro atoms. The second kappa shape index (κ2) is 8.03. The monoisotopic (exact) mass is 407 g/mol. The van der Waals surface area contributed by atoms with Crippen LogP contribution in [-0.2, 0) is 20.5 Å². The summed E-state index contributed by atoms with van der Waals surface area (Å²) in [5.41, 5.74) is -1.77. The van der Waals surface area contributed by atoms with Crippen molar-refractivity contribution in [2.24, 2.45) is 0 Å². The summed E-state index contributed by atoms with van der Waals surface area (Å²) in [6.07, 6.45) is 3.50. The van der Waals surface area contributed by atoms with E-state index in [-0.39, 0.29) is 11.5 Å². The standard InChI is InChI=1S/C21H29NO3S2/c1-20(2,3)16-11-12-18(27-16)21(24,17-6-5-13-26-17)19(23)25-15-9-7-14(22-4)8-10-15/h5-6,11-15,22,24H,7-10H2,1-4H3/t14-,15-,21?. The molecule has 27 heavy (non-hydrogen) atoms. The number of nitrogens with one attached hydrogen (secondary N) is 1. The van der Waals surface area contributed by atoms with Crippen molar-refractivity contribution >= 4 is 28.6 Å². The quantitative estimate of drug-likeness (QED) is 0.721. The van der Waals surface area contributed by atoms with Crippen LogP contribution in [0.1, 0.15) is 61.1 Å². The maximum absolute atomic E-state index is 13.2. The van der Waals surface area contributed by atoms with Gasteiger partial charge in [0.25, 0.3) is 0 Å². The fourth-order valence-electron chi connectivity index (χ4n) is 3.45. The Balaban J connectivity index is 1.85. The van der Waals surface area contributed by atoms with Gasteiger partial charge in [-0.1, -0.05) is 26.8 Å². The summed E-state index contributed by atoms with van der Waals surface area (Å²) >= 11 is 2.87. The zero-order valence-corrected chi connectivity index (χ0v) is 18.1. The van der Waals surface area contributed by atoms with Crippen molar-refractivity contribution in [1.82, 2.24) is 5.32 Å². The van der Waals surface area contributed by atoms with E-state index in [1.807, 2.05) is 30.6 Å². The molecule has 1 atom stereocenters. The number of rotatable bonds is 5. The van der Waals surface area contributed by atoms with Crippen molar-refractivity contribution in [3.05, 3.63) is 44.3 Å². The summed E-state index contributed by atoms with van der Waals surface area (Å²) in [5, 5.41) is 16.7. The number of thiophene rings is 2. The van der Waals surface area contributed by atoms with E-state index in [9.17, 15) is 9.90 Å². The third kappa shape index (κ3) is 4.29. The van der Waals surface area contributed by atoms with E-state index < -0.39 is 11.6 Å². The van der Waals surface area contributed by atoms with Crippen LogP contribution in [0.5, 0.6) is 0 Å². The molecule has 1 aliphatic rings. The van der Waals surface area contributed by atoms with Gasteiger partial charge in [0.15, 0.2) is 0 Å². The molecule has 2 heterocycles. The Kier molecular flexibility index (Phi) is 6.11. The van der Waals surface area contributed by atoms with Crippen molar-refractivity contribution < 1.29 is 14.6 Å². The summed E-state index contributed by atoms with van der Waals surface area (Å²) in [5.74, 6) is -0.555. The van der Waals surface area contributed by atoms with E-state index >= 15 is 0 Å². The topological polar surface area (TPSA) is 58.6 Å². The lowest BCUT2D eigenvalue weighted by Crippen LogP contribution is -2.41. The number of hydrogen-bond donors (Lipinski definition) is 2. The number of aliphatic hydroxyl groups is 1. The van der Waals surface area contributed by atoms with Crippen LogP contribution in [0.4, 0.5) is 0 Å². The van der Waals surface area contributed by atoms with Crippen LogP contribution in [0.3, 0.4) is 0 Å². The lowest BCUT2D eigenvalue weighted by Gasteiger charge is -2.31. The van der Waals surface area contributed by atoms with Crippen LogP contribution >= 0.6 is 22.7 Å². The summed E-state index contributed by atoms with van der Waals surface area (Å²) in [7, 11) is 1.97. The van der Waals surface area contributed by atoms with Gasteiger partial charge in [0.1, 0.15) is 6.10 Å². The molecule has 148 valence electrons. The summed E-state index contributed by atoms with van der Waals surface area (Å²) in [6.45, 7) is 6.39. The number of carbonyl (C=O) groups is 1. The Morgan fingerprint density at radius 3 is 2.30 bits per heavy atom. The molecule has 2 N–H and O–H groups in total. The number of hydrogen-bond acceptors (Lipinski definition) is 6. The van der Waals surface area contributed by atoms with E-state index in [2.05, 4.69) is 26.1 Å². The third-order valence-electron chi connectivity index (χ3n) is 5.23. The van der Waals surface area contributed by atoms with Crippen molar-refractivity contribution in [1.29, 1.82) is 0 Å². The van der Waals surface area contributed by atoms with E-state index in [4.69, 9.17) is 4.74 Å². The molecule has 1 saturated carbocycles. The largest absolute Gasteiger partial charge is 0.460 e. The highest BCUT2D eigenvalue weighted by atomic mass is 32.1. The van der Waals surface area contributed by atoms with E-state index in [1.165, 1.54) is 22.7 Å². The summed E-state index contributed by atoms with van der Waals surface area (Å²) < 4.78 is 5.82. The van der Waals surface area contributed by atoms with Gasteiger partial charge in [-0.2, -0.15) is 0 Å². The average Bonchev–Trinajstić information content (AvgIpc) is 3.33. The zero-order valence-electron chi connectivity index (χ0n) is 16.5. The first-order chi connectivity index (χ1) is 12.7. The molecule has 2 aromatic rings. The fraction of sp³-hybridized carbons (Fsp3) is 0.571. The van der Waals surface area contributed by atoms with Crippen LogP contribution in [0, 0.1) is 0 Å². The Hall–Kier alpha value is -1.21. The summed E-state index contributed by atoms with van der Waals surface area (Å²) in [6, 6.07) is 8.02. The predicted octanol–water partition coefficient (Wildman–Crippen LogP) is 4.42. The van der Waals surface area contributed by atoms with Crippen molar-refractivity contribution in [3.63, 3.8) is 0 Å². The molecule has 1 unspecified atom stereocenters. The predicted molar refractivity (Wildman–Crippen MR) is 112 cm³/mol. The van der Waals surface area contributed by atoms with Crippen molar-refractivity contribution in [2.45, 2.75) is 69.6 Å². The van der Waals surface area contributed by atoms with Gasteiger partial charge in [0.2, 0.25) is 5.60 Å². The van der Waals surface area contributed by atoms with E-state index in [1.54, 1.807) is 6.07 Å². The minimum Gasteiger partial charge on any atom is -0.460 e. The highest BCUT2D eigenvalue weighted by Gasteiger charge is 2.45. The van der Waals surface area contributed by atoms with Crippen LogP contribution in [-0.4, -0.2) is 30.3 Å². The Bertz CT molecular complexity index is 755. The van der Waals surface area contributed by atoms with Gasteiger partial charge < -0.3 is 15.2 Å². The van der Waals surface area contributed by atoms with Gasteiger partial charge in [-0.3, -0.25) is 0 Å². The van der Waals surface area contributed by atoms with Gasteiger partial charge in [0.05, 0.1) is 9.75 Å². The van der Waals surface area contributed by atoms with Gasteiger partial charge in [-0.15, -0.1) is 22.7 Å². The highest BCUT2D eigenvalue weighted by Crippen LogP contribution is 2.41. The maximum atomic E-state index is 13.2. The normalized spacial score (nSPS) is 23.0. The van der Waals surface area contributed by atoms with E-state index in [0.29, 0.717) is 15.8 Å². The first kappa shape index (κ1) is 20.5. The van der Waals surface area contributed by atoms with Crippen LogP contribution in [0.15, 0.2) is 29.6 Å². The number of carbonyl (C=O) groups excluding carboxylic acids is 1. The minimum absolute atomic E-state index is 0.0330. The molecular weight excluding hydrogens is 378 g/mol. The molecule has 0 radical (unpaired) electrons. The summed E-state index contributed by atoms with van der Waals surface area (Å²) in [4.78, 5) is 15.5. The molecule has 0 aliphatic heterocycles. The highest BCUT2D eigenvalue weighted by molar-refractivity contribution is 7.13. The molecule has 4 nitrogen and oxygen atoms in total. The Labute approximate surface area is 169 Å². The molecule has 3 rings (SSSR count). The molecule has 1 aliphatic carbocycles. The molecule has 6 heteroatoms. The van der Waals surface area contributed by atoms with Crippen LogP contribution in [0.25, 0.3) is 0 Å². The van der Waals surface area contributed by atoms with Gasteiger partial charge in [-0.25, -0.2) is 4.79 Å². The molecule has 0 aromatic carbocycles. The first-order valence-electron chi connectivity index (χ1n) is 9.50. The Morgan fingerprint density at radius 2 is 1.78 bits per heavy atom.